The zero-order valence-corrected chi connectivity index (χ0v) is 10.9. The van der Waals surface area contributed by atoms with Crippen molar-refractivity contribution in [2.24, 2.45) is 5.92 Å². The molecule has 0 bridgehead atoms. The van der Waals surface area contributed by atoms with Gasteiger partial charge in [0.25, 0.3) is 0 Å². The van der Waals surface area contributed by atoms with Gasteiger partial charge in [-0.15, -0.1) is 0 Å². The van der Waals surface area contributed by atoms with E-state index < -0.39 is 12.8 Å². The molecule has 0 aromatic heterocycles. The molecule has 0 rings (SSSR count). The van der Waals surface area contributed by atoms with Crippen LogP contribution >= 0.6 is 0 Å². The Morgan fingerprint density at radius 1 is 1.28 bits per heavy atom. The molecule has 0 aliphatic carbocycles. The second-order valence-corrected chi connectivity index (χ2v) is 4.39. The van der Waals surface area contributed by atoms with E-state index in [9.17, 15) is 13.2 Å². The summed E-state index contributed by atoms with van der Waals surface area (Å²) in [4.78, 5) is 0. The first-order valence-electron chi connectivity index (χ1n) is 6.45. The highest BCUT2D eigenvalue weighted by Crippen LogP contribution is 2.14. The molecule has 0 radical (unpaired) electrons. The van der Waals surface area contributed by atoms with E-state index in [2.05, 4.69) is 17.0 Å². The molecule has 0 amide bonds. The van der Waals surface area contributed by atoms with Crippen LogP contribution in [0.2, 0.25) is 0 Å². The normalized spacial score (nSPS) is 13.8. The topological polar surface area (TPSA) is 41.5 Å². The highest BCUT2D eigenvalue weighted by Gasteiger charge is 2.27. The molecule has 0 saturated carbocycles. The molecule has 0 aromatic rings. The fraction of sp³-hybridized carbons (Fsp3) is 1.00. The quantitative estimate of drug-likeness (QED) is 0.567. The lowest BCUT2D eigenvalue weighted by molar-refractivity contribution is -0.173. The summed E-state index contributed by atoms with van der Waals surface area (Å²) >= 11 is 0. The van der Waals surface area contributed by atoms with Crippen molar-refractivity contribution in [3.8, 4) is 0 Å². The molecule has 18 heavy (non-hydrogen) atoms. The van der Waals surface area contributed by atoms with Crippen LogP contribution < -0.4 is 5.32 Å². The first-order valence-corrected chi connectivity index (χ1v) is 6.45. The lowest BCUT2D eigenvalue weighted by Gasteiger charge is -2.15. The lowest BCUT2D eigenvalue weighted by Crippen LogP contribution is -2.26. The Bertz CT molecular complexity index is 183. The second kappa shape index (κ2) is 10.6. The lowest BCUT2D eigenvalue weighted by atomic mass is 10.0. The van der Waals surface area contributed by atoms with Crippen molar-refractivity contribution in [2.45, 2.75) is 38.8 Å². The Balaban J connectivity index is 3.37. The van der Waals surface area contributed by atoms with Crippen LogP contribution in [0.15, 0.2) is 0 Å². The highest BCUT2D eigenvalue weighted by atomic mass is 19.4. The molecule has 0 spiro atoms. The fourth-order valence-corrected chi connectivity index (χ4v) is 1.73. The molecule has 3 nitrogen and oxygen atoms in total. The summed E-state index contributed by atoms with van der Waals surface area (Å²) in [5, 5.41) is 12.0. The highest BCUT2D eigenvalue weighted by molar-refractivity contribution is 4.61. The van der Waals surface area contributed by atoms with E-state index in [4.69, 9.17) is 5.11 Å². The molecule has 0 fully saturated rings. The van der Waals surface area contributed by atoms with Gasteiger partial charge in [-0.2, -0.15) is 13.2 Å². The van der Waals surface area contributed by atoms with Crippen molar-refractivity contribution in [3.63, 3.8) is 0 Å². The SMILES string of the molecule is CCCC(CCO)CNCCCOCC(F)(F)F. The third-order valence-corrected chi connectivity index (χ3v) is 2.58. The third-order valence-electron chi connectivity index (χ3n) is 2.58. The molecule has 1 unspecified atom stereocenters. The summed E-state index contributed by atoms with van der Waals surface area (Å²) in [5.74, 6) is 0.441. The molecule has 1 atom stereocenters. The Labute approximate surface area is 107 Å². The number of nitrogens with one attached hydrogen (secondary N) is 1. The van der Waals surface area contributed by atoms with Crippen molar-refractivity contribution in [3.05, 3.63) is 0 Å². The maximum absolute atomic E-state index is 11.7. The third kappa shape index (κ3) is 12.1. The van der Waals surface area contributed by atoms with Gasteiger partial charge in [-0.3, -0.25) is 0 Å². The summed E-state index contributed by atoms with van der Waals surface area (Å²) in [6.45, 7) is 2.66. The minimum atomic E-state index is -4.24. The maximum atomic E-state index is 11.7. The zero-order chi connectivity index (χ0) is 13.9. The van der Waals surface area contributed by atoms with Crippen molar-refractivity contribution >= 4 is 0 Å². The van der Waals surface area contributed by atoms with Crippen LogP contribution in [0.1, 0.15) is 32.6 Å². The Morgan fingerprint density at radius 3 is 2.56 bits per heavy atom. The molecule has 110 valence electrons. The van der Waals surface area contributed by atoms with Crippen molar-refractivity contribution in [2.75, 3.05) is 32.9 Å². The second-order valence-electron chi connectivity index (χ2n) is 4.39. The largest absolute Gasteiger partial charge is 0.411 e. The van der Waals surface area contributed by atoms with Crippen molar-refractivity contribution in [1.29, 1.82) is 0 Å². The average Bonchev–Trinajstić information content (AvgIpc) is 2.26. The first-order chi connectivity index (χ1) is 8.49. The zero-order valence-electron chi connectivity index (χ0n) is 10.9. The van der Waals surface area contributed by atoms with E-state index in [0.717, 1.165) is 25.8 Å². The fourth-order valence-electron chi connectivity index (χ4n) is 1.73. The van der Waals surface area contributed by atoms with Gasteiger partial charge in [-0.1, -0.05) is 13.3 Å². The predicted octanol–water partition coefficient (Wildman–Crippen LogP) is 2.34. The predicted molar refractivity (Wildman–Crippen MR) is 64.5 cm³/mol. The van der Waals surface area contributed by atoms with E-state index in [1.54, 1.807) is 0 Å². The molecule has 0 aliphatic rings. The summed E-state index contributed by atoms with van der Waals surface area (Å²) < 4.78 is 39.7. The Hall–Kier alpha value is -0.330. The van der Waals surface area contributed by atoms with E-state index >= 15 is 0 Å². The summed E-state index contributed by atoms with van der Waals surface area (Å²) in [5.41, 5.74) is 0. The molecule has 0 aromatic carbocycles. The van der Waals surface area contributed by atoms with Crippen molar-refractivity contribution < 1.29 is 23.0 Å². The van der Waals surface area contributed by atoms with Crippen LogP contribution in [-0.4, -0.2) is 44.2 Å². The number of hydrogen-bond acceptors (Lipinski definition) is 3. The summed E-state index contributed by atoms with van der Waals surface area (Å²) in [6, 6.07) is 0. The molecule has 0 heterocycles. The maximum Gasteiger partial charge on any atom is 0.411 e. The first kappa shape index (κ1) is 17.7. The van der Waals surface area contributed by atoms with Gasteiger partial charge in [-0.05, 0) is 38.3 Å². The number of halogens is 3. The van der Waals surface area contributed by atoms with Crippen molar-refractivity contribution in [1.82, 2.24) is 5.32 Å². The number of rotatable bonds is 11. The van der Waals surface area contributed by atoms with Crippen LogP contribution in [-0.2, 0) is 4.74 Å². The molecule has 2 N–H and O–H groups in total. The van der Waals surface area contributed by atoms with E-state index in [1.165, 1.54) is 0 Å². The number of hydrogen-bond donors (Lipinski definition) is 2. The van der Waals surface area contributed by atoms with Gasteiger partial charge in [0.2, 0.25) is 0 Å². The van der Waals surface area contributed by atoms with E-state index in [1.807, 2.05) is 0 Å². The number of alkyl halides is 3. The van der Waals surface area contributed by atoms with Gasteiger partial charge in [0, 0.05) is 13.2 Å². The number of aliphatic hydroxyl groups is 1. The standard InChI is InChI=1S/C12H24F3NO2/c1-2-4-11(5-7-17)9-16-6-3-8-18-10-12(13,14)15/h11,16-17H,2-10H2,1H3. The van der Waals surface area contributed by atoms with Gasteiger partial charge in [0.15, 0.2) is 0 Å². The van der Waals surface area contributed by atoms with Crippen LogP contribution in [0, 0.1) is 5.92 Å². The molecular formula is C12H24F3NO2. The Kier molecular flexibility index (Phi) is 10.4. The van der Waals surface area contributed by atoms with Crippen LogP contribution in [0.4, 0.5) is 13.2 Å². The Morgan fingerprint density at radius 2 is 2.00 bits per heavy atom. The number of ether oxygens (including phenoxy) is 1. The van der Waals surface area contributed by atoms with Gasteiger partial charge >= 0.3 is 6.18 Å². The van der Waals surface area contributed by atoms with Crippen LogP contribution in [0.3, 0.4) is 0 Å². The molecule has 0 saturated heterocycles. The van der Waals surface area contributed by atoms with Crippen LogP contribution in [0.5, 0.6) is 0 Å². The van der Waals surface area contributed by atoms with E-state index in [0.29, 0.717) is 18.9 Å². The van der Waals surface area contributed by atoms with E-state index in [-0.39, 0.29) is 13.2 Å². The molecule has 0 aliphatic heterocycles. The average molecular weight is 271 g/mol. The minimum Gasteiger partial charge on any atom is -0.396 e. The molecule has 6 heteroatoms. The van der Waals surface area contributed by atoms with Gasteiger partial charge in [0.05, 0.1) is 0 Å². The summed E-state index contributed by atoms with van der Waals surface area (Å²) in [7, 11) is 0. The van der Waals surface area contributed by atoms with Crippen LogP contribution in [0.25, 0.3) is 0 Å². The minimum absolute atomic E-state index is 0.116. The smallest absolute Gasteiger partial charge is 0.396 e. The molecular weight excluding hydrogens is 247 g/mol. The monoisotopic (exact) mass is 271 g/mol. The number of aliphatic hydroxyl groups excluding tert-OH is 1. The summed E-state index contributed by atoms with van der Waals surface area (Å²) in [6.07, 6.45) is -0.778. The van der Waals surface area contributed by atoms with Gasteiger partial charge in [-0.25, -0.2) is 0 Å². The van der Waals surface area contributed by atoms with Gasteiger partial charge < -0.3 is 15.2 Å². The van der Waals surface area contributed by atoms with Gasteiger partial charge in [0.1, 0.15) is 6.61 Å².